The summed E-state index contributed by atoms with van der Waals surface area (Å²) in [7, 11) is 1.73. The molecule has 1 rings (SSSR count). The maximum atomic E-state index is 5.25. The van der Waals surface area contributed by atoms with Crippen molar-refractivity contribution in [2.45, 2.75) is 44.4 Å². The number of rotatable bonds is 7. The van der Waals surface area contributed by atoms with Crippen molar-refractivity contribution in [1.29, 1.82) is 0 Å². The summed E-state index contributed by atoms with van der Waals surface area (Å²) in [5.74, 6) is 2.20. The van der Waals surface area contributed by atoms with E-state index in [1.165, 1.54) is 35.5 Å². The highest BCUT2D eigenvalue weighted by Crippen LogP contribution is 2.27. The van der Waals surface area contributed by atoms with Gasteiger partial charge in [-0.2, -0.15) is 0 Å². The summed E-state index contributed by atoms with van der Waals surface area (Å²) in [4.78, 5) is 1.42. The van der Waals surface area contributed by atoms with Gasteiger partial charge in [0, 0.05) is 4.90 Å². The van der Waals surface area contributed by atoms with Crippen LogP contribution >= 0.6 is 11.8 Å². The predicted octanol–water partition coefficient (Wildman–Crippen LogP) is 4.54. The van der Waals surface area contributed by atoms with Gasteiger partial charge in [0.1, 0.15) is 5.75 Å². The summed E-state index contributed by atoms with van der Waals surface area (Å²) in [5.41, 5.74) is 1.40. The Morgan fingerprint density at radius 3 is 2.62 bits per heavy atom. The minimum absolute atomic E-state index is 0.967. The molecule has 0 N–H and O–H groups in total. The lowest BCUT2D eigenvalue weighted by molar-refractivity contribution is 0.414. The molecule has 0 bridgehead atoms. The maximum absolute atomic E-state index is 5.25. The summed E-state index contributed by atoms with van der Waals surface area (Å²) < 4.78 is 5.25. The Labute approximate surface area is 104 Å². The van der Waals surface area contributed by atoms with Crippen molar-refractivity contribution in [2.24, 2.45) is 0 Å². The summed E-state index contributed by atoms with van der Waals surface area (Å²) in [6.45, 7) is 4.44. The first-order chi connectivity index (χ1) is 7.81. The highest BCUT2D eigenvalue weighted by Gasteiger charge is 2.03. The molecule has 0 spiro atoms. The topological polar surface area (TPSA) is 9.23 Å². The van der Waals surface area contributed by atoms with Crippen LogP contribution in [0, 0.1) is 0 Å². The van der Waals surface area contributed by atoms with Crippen LogP contribution in [0.4, 0.5) is 0 Å². The molecule has 90 valence electrons. The molecule has 0 saturated heterocycles. The van der Waals surface area contributed by atoms with Crippen LogP contribution in [0.3, 0.4) is 0 Å². The molecular formula is C14H22OS. The predicted molar refractivity (Wildman–Crippen MR) is 72.6 cm³/mol. The van der Waals surface area contributed by atoms with Gasteiger partial charge in [-0.05, 0) is 42.4 Å². The van der Waals surface area contributed by atoms with Crippen LogP contribution in [0.5, 0.6) is 5.75 Å². The largest absolute Gasteiger partial charge is 0.497 e. The zero-order valence-electron chi connectivity index (χ0n) is 10.6. The molecular weight excluding hydrogens is 216 g/mol. The summed E-state index contributed by atoms with van der Waals surface area (Å²) in [6.07, 6.45) is 5.03. The van der Waals surface area contributed by atoms with Crippen LogP contribution in [0.25, 0.3) is 0 Å². The summed E-state index contributed by atoms with van der Waals surface area (Å²) in [6, 6.07) is 6.40. The van der Waals surface area contributed by atoms with E-state index in [1.807, 2.05) is 11.8 Å². The van der Waals surface area contributed by atoms with Crippen LogP contribution in [-0.4, -0.2) is 12.9 Å². The molecule has 1 aromatic carbocycles. The van der Waals surface area contributed by atoms with Crippen molar-refractivity contribution in [3.05, 3.63) is 23.8 Å². The Hall–Kier alpha value is -0.630. The molecule has 0 heterocycles. The molecule has 0 aromatic heterocycles. The van der Waals surface area contributed by atoms with E-state index in [2.05, 4.69) is 32.0 Å². The van der Waals surface area contributed by atoms with Gasteiger partial charge in [0.25, 0.3) is 0 Å². The molecule has 1 aromatic rings. The lowest BCUT2D eigenvalue weighted by Gasteiger charge is -2.09. The van der Waals surface area contributed by atoms with Gasteiger partial charge < -0.3 is 4.74 Å². The molecule has 0 aliphatic carbocycles. The van der Waals surface area contributed by atoms with Crippen molar-refractivity contribution in [2.75, 3.05) is 12.9 Å². The smallest absolute Gasteiger partial charge is 0.119 e. The summed E-state index contributed by atoms with van der Waals surface area (Å²) >= 11 is 1.98. The van der Waals surface area contributed by atoms with E-state index in [1.54, 1.807) is 7.11 Å². The standard InChI is InChI=1S/C14H22OS/c1-4-6-7-10-16-14-9-8-13(15-3)11-12(14)5-2/h8-9,11H,4-7,10H2,1-3H3. The molecule has 0 fully saturated rings. The molecule has 16 heavy (non-hydrogen) atoms. The number of hydrogen-bond donors (Lipinski definition) is 0. The van der Waals surface area contributed by atoms with E-state index in [9.17, 15) is 0 Å². The van der Waals surface area contributed by atoms with Crippen LogP contribution < -0.4 is 4.74 Å². The average Bonchev–Trinajstić information content (AvgIpc) is 2.34. The molecule has 0 saturated carbocycles. The van der Waals surface area contributed by atoms with E-state index in [-0.39, 0.29) is 0 Å². The first-order valence-electron chi connectivity index (χ1n) is 6.11. The Morgan fingerprint density at radius 1 is 1.19 bits per heavy atom. The van der Waals surface area contributed by atoms with E-state index in [0.29, 0.717) is 0 Å². The lowest BCUT2D eigenvalue weighted by Crippen LogP contribution is -1.90. The van der Waals surface area contributed by atoms with E-state index >= 15 is 0 Å². The average molecular weight is 238 g/mol. The SMILES string of the molecule is CCCCCSc1ccc(OC)cc1CC. The number of aryl methyl sites for hydroxylation is 1. The Balaban J connectivity index is 2.57. The number of ether oxygens (including phenoxy) is 1. The van der Waals surface area contributed by atoms with Gasteiger partial charge in [0.15, 0.2) is 0 Å². The van der Waals surface area contributed by atoms with Gasteiger partial charge in [-0.1, -0.05) is 26.7 Å². The van der Waals surface area contributed by atoms with Crippen molar-refractivity contribution < 1.29 is 4.74 Å². The van der Waals surface area contributed by atoms with Crippen molar-refractivity contribution >= 4 is 11.8 Å². The second-order valence-corrected chi connectivity index (χ2v) is 5.02. The molecule has 0 aliphatic heterocycles. The third-order valence-electron chi connectivity index (χ3n) is 2.65. The monoisotopic (exact) mass is 238 g/mol. The van der Waals surface area contributed by atoms with Crippen molar-refractivity contribution in [3.63, 3.8) is 0 Å². The van der Waals surface area contributed by atoms with Crippen molar-refractivity contribution in [1.82, 2.24) is 0 Å². The highest BCUT2D eigenvalue weighted by atomic mass is 32.2. The minimum Gasteiger partial charge on any atom is -0.497 e. The first-order valence-corrected chi connectivity index (χ1v) is 7.10. The Bertz CT molecular complexity index is 310. The minimum atomic E-state index is 0.967. The number of methoxy groups -OCH3 is 1. The second kappa shape index (κ2) is 7.61. The Morgan fingerprint density at radius 2 is 2.00 bits per heavy atom. The third-order valence-corrected chi connectivity index (χ3v) is 3.86. The molecule has 2 heteroatoms. The van der Waals surface area contributed by atoms with E-state index in [0.717, 1.165) is 12.2 Å². The number of benzene rings is 1. The van der Waals surface area contributed by atoms with Crippen LogP contribution in [0.2, 0.25) is 0 Å². The number of unbranched alkanes of at least 4 members (excludes halogenated alkanes) is 2. The normalized spacial score (nSPS) is 10.4. The van der Waals surface area contributed by atoms with Gasteiger partial charge in [0.05, 0.1) is 7.11 Å². The molecule has 0 atom stereocenters. The van der Waals surface area contributed by atoms with E-state index in [4.69, 9.17) is 4.74 Å². The molecule has 0 aliphatic rings. The zero-order chi connectivity index (χ0) is 11.8. The fraction of sp³-hybridized carbons (Fsp3) is 0.571. The molecule has 1 nitrogen and oxygen atoms in total. The lowest BCUT2D eigenvalue weighted by atomic mass is 10.1. The number of hydrogen-bond acceptors (Lipinski definition) is 2. The summed E-state index contributed by atoms with van der Waals surface area (Å²) in [5, 5.41) is 0. The molecule has 0 unspecified atom stereocenters. The van der Waals surface area contributed by atoms with E-state index < -0.39 is 0 Å². The molecule has 0 amide bonds. The Kier molecular flexibility index (Phi) is 6.39. The van der Waals surface area contributed by atoms with Crippen LogP contribution in [0.15, 0.2) is 23.1 Å². The quantitative estimate of drug-likeness (QED) is 0.509. The fourth-order valence-corrected chi connectivity index (χ4v) is 2.76. The van der Waals surface area contributed by atoms with Crippen LogP contribution in [-0.2, 0) is 6.42 Å². The van der Waals surface area contributed by atoms with Gasteiger partial charge in [-0.25, -0.2) is 0 Å². The second-order valence-electron chi connectivity index (χ2n) is 3.88. The van der Waals surface area contributed by atoms with Gasteiger partial charge >= 0.3 is 0 Å². The fourth-order valence-electron chi connectivity index (χ4n) is 1.63. The van der Waals surface area contributed by atoms with Gasteiger partial charge in [-0.3, -0.25) is 0 Å². The van der Waals surface area contributed by atoms with Gasteiger partial charge in [-0.15, -0.1) is 11.8 Å². The molecule has 0 radical (unpaired) electrons. The number of thioether (sulfide) groups is 1. The maximum Gasteiger partial charge on any atom is 0.119 e. The highest BCUT2D eigenvalue weighted by molar-refractivity contribution is 7.99. The first kappa shape index (κ1) is 13.4. The zero-order valence-corrected chi connectivity index (χ0v) is 11.4. The van der Waals surface area contributed by atoms with Gasteiger partial charge in [0.2, 0.25) is 0 Å². The third kappa shape index (κ3) is 4.09. The van der Waals surface area contributed by atoms with Crippen LogP contribution in [0.1, 0.15) is 38.7 Å². The van der Waals surface area contributed by atoms with Crippen molar-refractivity contribution in [3.8, 4) is 5.75 Å².